The van der Waals surface area contributed by atoms with E-state index in [1.807, 2.05) is 79.1 Å². The van der Waals surface area contributed by atoms with Crippen LogP contribution >= 0.6 is 27.7 Å². The maximum absolute atomic E-state index is 6.30. The van der Waals surface area contributed by atoms with E-state index < -0.39 is 6.23 Å². The van der Waals surface area contributed by atoms with Crippen molar-refractivity contribution in [3.05, 3.63) is 82.8 Å². The lowest BCUT2D eigenvalue weighted by atomic mass is 10.1. The van der Waals surface area contributed by atoms with E-state index in [4.69, 9.17) is 9.47 Å². The first-order chi connectivity index (χ1) is 15.2. The molecule has 0 saturated carbocycles. The van der Waals surface area contributed by atoms with E-state index in [0.29, 0.717) is 16.7 Å². The molecule has 5 rings (SSSR count). The van der Waals surface area contributed by atoms with Crippen LogP contribution in [0.5, 0.6) is 17.4 Å². The van der Waals surface area contributed by atoms with Gasteiger partial charge in [-0.25, -0.2) is 0 Å². The monoisotopic (exact) mass is 492 g/mol. The SMILES string of the molecule is CSc1nnc2c(n1)OC(c1cccc(Oc3ccccc3)c1)Nc1ccc(Br)cc1-2. The van der Waals surface area contributed by atoms with Crippen molar-refractivity contribution in [3.8, 4) is 28.6 Å². The summed E-state index contributed by atoms with van der Waals surface area (Å²) < 4.78 is 13.2. The van der Waals surface area contributed by atoms with Gasteiger partial charge in [0.1, 0.15) is 11.5 Å². The molecular formula is C23H17BrN4O2S. The number of nitrogens with zero attached hydrogens (tertiary/aromatic N) is 3. The molecule has 1 atom stereocenters. The van der Waals surface area contributed by atoms with E-state index in [2.05, 4.69) is 36.4 Å². The van der Waals surface area contributed by atoms with Gasteiger partial charge >= 0.3 is 0 Å². The third-order valence-electron chi connectivity index (χ3n) is 4.71. The van der Waals surface area contributed by atoms with E-state index in [1.54, 1.807) is 0 Å². The molecule has 0 amide bonds. The maximum Gasteiger partial charge on any atom is 0.247 e. The molecule has 0 fully saturated rings. The molecule has 3 aromatic carbocycles. The fourth-order valence-corrected chi connectivity index (χ4v) is 3.93. The standard InChI is InChI=1S/C23H17BrN4O2S/c1-31-23-26-22-20(27-28-23)18-13-15(24)10-11-19(18)25-21(30-22)14-6-5-9-17(12-14)29-16-7-3-2-4-8-16/h2-13,21,25H,1H3. The highest BCUT2D eigenvalue weighted by Crippen LogP contribution is 2.41. The summed E-state index contributed by atoms with van der Waals surface area (Å²) in [5, 5.41) is 12.6. The van der Waals surface area contributed by atoms with Gasteiger partial charge in [-0.2, -0.15) is 4.98 Å². The number of aromatic nitrogens is 3. The Labute approximate surface area is 192 Å². The second-order valence-electron chi connectivity index (χ2n) is 6.77. The number of nitrogens with one attached hydrogen (secondary N) is 1. The van der Waals surface area contributed by atoms with Gasteiger partial charge in [-0.15, -0.1) is 10.2 Å². The van der Waals surface area contributed by atoms with Crippen LogP contribution in [0.2, 0.25) is 0 Å². The molecule has 4 aromatic rings. The van der Waals surface area contributed by atoms with Crippen molar-refractivity contribution in [2.45, 2.75) is 11.4 Å². The molecule has 1 aromatic heterocycles. The van der Waals surface area contributed by atoms with Crippen LogP contribution < -0.4 is 14.8 Å². The molecule has 0 radical (unpaired) electrons. The van der Waals surface area contributed by atoms with Crippen molar-refractivity contribution < 1.29 is 9.47 Å². The number of thioether (sulfide) groups is 1. The zero-order chi connectivity index (χ0) is 21.2. The number of halogens is 1. The van der Waals surface area contributed by atoms with Gasteiger partial charge in [0, 0.05) is 21.3 Å². The second-order valence-corrected chi connectivity index (χ2v) is 8.46. The van der Waals surface area contributed by atoms with Gasteiger partial charge in [0.05, 0.1) is 0 Å². The third kappa shape index (κ3) is 4.22. The first kappa shape index (κ1) is 19.8. The van der Waals surface area contributed by atoms with Crippen LogP contribution in [-0.2, 0) is 0 Å². The Bertz CT molecular complexity index is 1240. The zero-order valence-corrected chi connectivity index (χ0v) is 18.9. The molecule has 0 bridgehead atoms. The molecule has 1 unspecified atom stereocenters. The minimum Gasteiger partial charge on any atom is -0.457 e. The minimum absolute atomic E-state index is 0.433. The van der Waals surface area contributed by atoms with Gasteiger partial charge in [0.25, 0.3) is 0 Å². The Kier molecular flexibility index (Phi) is 5.48. The predicted octanol–water partition coefficient (Wildman–Crippen LogP) is 6.32. The average molecular weight is 493 g/mol. The lowest BCUT2D eigenvalue weighted by molar-refractivity contribution is 0.225. The van der Waals surface area contributed by atoms with Crippen LogP contribution in [-0.4, -0.2) is 21.4 Å². The lowest BCUT2D eigenvalue weighted by Gasteiger charge is -2.20. The van der Waals surface area contributed by atoms with Crippen molar-refractivity contribution in [3.63, 3.8) is 0 Å². The zero-order valence-electron chi connectivity index (χ0n) is 16.4. The summed E-state index contributed by atoms with van der Waals surface area (Å²) in [4.78, 5) is 4.57. The van der Waals surface area contributed by atoms with E-state index in [-0.39, 0.29) is 0 Å². The Hall–Kier alpha value is -3.10. The molecule has 6 nitrogen and oxygen atoms in total. The Morgan fingerprint density at radius 3 is 2.65 bits per heavy atom. The van der Waals surface area contributed by atoms with Crippen molar-refractivity contribution in [2.24, 2.45) is 0 Å². The smallest absolute Gasteiger partial charge is 0.247 e. The number of hydrogen-bond donors (Lipinski definition) is 1. The normalized spacial score (nSPS) is 14.5. The first-order valence-electron chi connectivity index (χ1n) is 9.54. The maximum atomic E-state index is 6.30. The topological polar surface area (TPSA) is 69.2 Å². The van der Waals surface area contributed by atoms with Crippen molar-refractivity contribution >= 4 is 33.4 Å². The van der Waals surface area contributed by atoms with Crippen LogP contribution in [0.15, 0.2) is 82.4 Å². The van der Waals surface area contributed by atoms with E-state index >= 15 is 0 Å². The van der Waals surface area contributed by atoms with Gasteiger partial charge in [0.15, 0.2) is 11.9 Å². The van der Waals surface area contributed by atoms with E-state index in [0.717, 1.165) is 32.8 Å². The summed E-state index contributed by atoms with van der Waals surface area (Å²) in [5.41, 5.74) is 3.26. The number of fused-ring (bicyclic) bond motifs is 3. The van der Waals surface area contributed by atoms with Crippen LogP contribution in [0, 0.1) is 0 Å². The van der Waals surface area contributed by atoms with Crippen molar-refractivity contribution in [1.29, 1.82) is 0 Å². The summed E-state index contributed by atoms with van der Waals surface area (Å²) in [7, 11) is 0. The number of para-hydroxylation sites is 1. The summed E-state index contributed by atoms with van der Waals surface area (Å²) in [6.45, 7) is 0. The predicted molar refractivity (Wildman–Crippen MR) is 125 cm³/mol. The molecule has 0 aliphatic carbocycles. The highest BCUT2D eigenvalue weighted by molar-refractivity contribution is 9.10. The largest absolute Gasteiger partial charge is 0.457 e. The van der Waals surface area contributed by atoms with Crippen LogP contribution in [0.3, 0.4) is 0 Å². The highest BCUT2D eigenvalue weighted by Gasteiger charge is 2.26. The summed E-state index contributed by atoms with van der Waals surface area (Å²) >= 11 is 4.96. The summed E-state index contributed by atoms with van der Waals surface area (Å²) in [6.07, 6.45) is 1.43. The Morgan fingerprint density at radius 1 is 0.968 bits per heavy atom. The fraction of sp³-hybridized carbons (Fsp3) is 0.0870. The van der Waals surface area contributed by atoms with Crippen LogP contribution in [0.4, 0.5) is 5.69 Å². The fourth-order valence-electron chi connectivity index (χ4n) is 3.27. The molecule has 0 spiro atoms. The average Bonchev–Trinajstić information content (AvgIpc) is 2.96. The number of benzene rings is 3. The van der Waals surface area contributed by atoms with Crippen molar-refractivity contribution in [2.75, 3.05) is 11.6 Å². The molecule has 31 heavy (non-hydrogen) atoms. The number of ether oxygens (including phenoxy) is 2. The molecule has 8 heteroatoms. The van der Waals surface area contributed by atoms with Gasteiger partial charge in [-0.3, -0.25) is 0 Å². The second kappa shape index (κ2) is 8.56. The van der Waals surface area contributed by atoms with E-state index in [9.17, 15) is 0 Å². The molecule has 1 N–H and O–H groups in total. The third-order valence-corrected chi connectivity index (χ3v) is 5.74. The number of hydrogen-bond acceptors (Lipinski definition) is 7. The van der Waals surface area contributed by atoms with Crippen LogP contribution in [0.25, 0.3) is 11.3 Å². The summed E-state index contributed by atoms with van der Waals surface area (Å²) in [6, 6.07) is 23.4. The molecule has 154 valence electrons. The van der Waals surface area contributed by atoms with E-state index in [1.165, 1.54) is 11.8 Å². The van der Waals surface area contributed by atoms with Crippen LogP contribution in [0.1, 0.15) is 11.8 Å². The Morgan fingerprint density at radius 2 is 1.81 bits per heavy atom. The van der Waals surface area contributed by atoms with Gasteiger partial charge < -0.3 is 14.8 Å². The highest BCUT2D eigenvalue weighted by atomic mass is 79.9. The molecule has 2 heterocycles. The first-order valence-corrected chi connectivity index (χ1v) is 11.6. The Balaban J connectivity index is 1.54. The molecule has 1 aliphatic heterocycles. The number of rotatable bonds is 4. The van der Waals surface area contributed by atoms with Gasteiger partial charge in [-0.05, 0) is 48.7 Å². The minimum atomic E-state index is -0.480. The molecule has 1 aliphatic rings. The summed E-state index contributed by atoms with van der Waals surface area (Å²) in [5.74, 6) is 1.93. The number of anilines is 1. The molecular weight excluding hydrogens is 476 g/mol. The van der Waals surface area contributed by atoms with Gasteiger partial charge in [-0.1, -0.05) is 58.0 Å². The van der Waals surface area contributed by atoms with Gasteiger partial charge in [0.2, 0.25) is 11.0 Å². The quantitative estimate of drug-likeness (QED) is 0.334. The lowest BCUT2D eigenvalue weighted by Crippen LogP contribution is -2.17. The van der Waals surface area contributed by atoms with Crippen molar-refractivity contribution in [1.82, 2.24) is 15.2 Å². The molecule has 0 saturated heterocycles.